The molecule has 1 saturated heterocycles. The van der Waals surface area contributed by atoms with E-state index in [-0.39, 0.29) is 22.2 Å². The predicted molar refractivity (Wildman–Crippen MR) is 110 cm³/mol. The Bertz CT molecular complexity index is 1080. The fraction of sp³-hybridized carbons (Fsp3) is 0.611. The molecule has 0 saturated carbocycles. The van der Waals surface area contributed by atoms with Gasteiger partial charge < -0.3 is 19.6 Å². The highest BCUT2D eigenvalue weighted by atomic mass is 79.9. The number of carbonyl (C=O) groups excluding carboxylic acids is 1. The number of anilines is 1. The monoisotopic (exact) mass is 482 g/mol. The lowest BCUT2D eigenvalue weighted by molar-refractivity contribution is -0.140. The summed E-state index contributed by atoms with van der Waals surface area (Å²) in [6.07, 6.45) is 0.448. The van der Waals surface area contributed by atoms with Crippen LogP contribution in [0, 0.1) is 0 Å². The summed E-state index contributed by atoms with van der Waals surface area (Å²) in [4.78, 5) is 45.1. The average Bonchev–Trinajstić information content (AvgIpc) is 3.24. The van der Waals surface area contributed by atoms with Gasteiger partial charge >= 0.3 is 12.1 Å². The Hall–Kier alpha value is -2.63. The Labute approximate surface area is 180 Å². The van der Waals surface area contributed by atoms with Crippen LogP contribution in [-0.2, 0) is 16.0 Å². The second-order valence-corrected chi connectivity index (χ2v) is 9.12. The smallest absolute Gasteiger partial charge is 0.410 e. The van der Waals surface area contributed by atoms with E-state index in [1.165, 1.54) is 0 Å². The molecule has 2 aliphatic heterocycles. The van der Waals surface area contributed by atoms with Crippen molar-refractivity contribution in [1.29, 1.82) is 0 Å². The number of aromatic nitrogens is 4. The van der Waals surface area contributed by atoms with Gasteiger partial charge in [-0.05, 0) is 49.5 Å². The Morgan fingerprint density at radius 1 is 1.20 bits per heavy atom. The van der Waals surface area contributed by atoms with Crippen LogP contribution in [0.4, 0.5) is 10.5 Å². The van der Waals surface area contributed by atoms with Crippen LogP contribution in [0.5, 0.6) is 0 Å². The zero-order valence-electron chi connectivity index (χ0n) is 17.0. The summed E-state index contributed by atoms with van der Waals surface area (Å²) in [5.74, 6) is -0.762. The number of ether oxygens (including phenoxy) is 1. The lowest BCUT2D eigenvalue weighted by Gasteiger charge is -2.37. The summed E-state index contributed by atoms with van der Waals surface area (Å²) >= 11 is 3.18. The summed E-state index contributed by atoms with van der Waals surface area (Å²) in [6, 6.07) is -0.805. The number of carboxylic acids is 1. The van der Waals surface area contributed by atoms with E-state index in [1.54, 1.807) is 9.47 Å². The number of rotatable bonds is 2. The largest absolute Gasteiger partial charge is 0.480 e. The highest BCUT2D eigenvalue weighted by Gasteiger charge is 2.36. The molecule has 2 aromatic heterocycles. The van der Waals surface area contributed by atoms with Gasteiger partial charge in [0, 0.05) is 26.2 Å². The number of carboxylic acid groups (broad SMARTS) is 1. The fourth-order valence-electron chi connectivity index (χ4n) is 3.99. The number of hydrogen-bond donors (Lipinski definition) is 1. The number of piperazine rings is 1. The highest BCUT2D eigenvalue weighted by Crippen LogP contribution is 2.33. The van der Waals surface area contributed by atoms with Crippen molar-refractivity contribution in [3.63, 3.8) is 0 Å². The quantitative estimate of drug-likeness (QED) is 0.678. The van der Waals surface area contributed by atoms with Crippen LogP contribution in [0.1, 0.15) is 38.9 Å². The van der Waals surface area contributed by atoms with Crippen LogP contribution in [0.15, 0.2) is 9.53 Å². The highest BCUT2D eigenvalue weighted by molar-refractivity contribution is 9.10. The van der Waals surface area contributed by atoms with Gasteiger partial charge in [0.2, 0.25) is 10.5 Å². The molecular weight excluding hydrogens is 460 g/mol. The molecule has 0 radical (unpaired) electrons. The molecule has 4 heterocycles. The van der Waals surface area contributed by atoms with Gasteiger partial charge in [0.1, 0.15) is 17.3 Å². The van der Waals surface area contributed by atoms with E-state index >= 15 is 0 Å². The Morgan fingerprint density at radius 3 is 2.47 bits per heavy atom. The second kappa shape index (κ2) is 7.25. The third-order valence-electron chi connectivity index (χ3n) is 5.24. The van der Waals surface area contributed by atoms with Gasteiger partial charge in [-0.1, -0.05) is 0 Å². The maximum absolute atomic E-state index is 13.2. The SMILES string of the molecule is CC(C)(C)OC(=O)N1CCN(c2c3n(c4nc(Br)nn4c2=O)[C@@H](C(=O)O)CC3)CC1. The Balaban J connectivity index is 1.68. The van der Waals surface area contributed by atoms with E-state index in [2.05, 4.69) is 26.0 Å². The first-order valence-electron chi connectivity index (χ1n) is 9.72. The maximum atomic E-state index is 13.2. The molecule has 1 fully saturated rings. The molecule has 0 bridgehead atoms. The fourth-order valence-corrected chi connectivity index (χ4v) is 4.31. The number of nitrogens with zero attached hydrogens (tertiary/aromatic N) is 6. The number of hydrogen-bond acceptors (Lipinski definition) is 7. The van der Waals surface area contributed by atoms with E-state index in [0.717, 1.165) is 4.52 Å². The first kappa shape index (κ1) is 20.6. The van der Waals surface area contributed by atoms with Crippen molar-refractivity contribution >= 4 is 39.5 Å². The van der Waals surface area contributed by atoms with Gasteiger partial charge in [-0.2, -0.15) is 9.50 Å². The van der Waals surface area contributed by atoms with E-state index in [1.807, 2.05) is 25.7 Å². The van der Waals surface area contributed by atoms with Crippen LogP contribution in [0.3, 0.4) is 0 Å². The van der Waals surface area contributed by atoms with Gasteiger partial charge in [-0.15, -0.1) is 5.10 Å². The molecule has 1 N–H and O–H groups in total. The van der Waals surface area contributed by atoms with Crippen molar-refractivity contribution in [2.75, 3.05) is 31.1 Å². The van der Waals surface area contributed by atoms with Gasteiger partial charge in [-0.25, -0.2) is 9.59 Å². The summed E-state index contributed by atoms with van der Waals surface area (Å²) in [5.41, 5.74) is 0.148. The number of fused-ring (bicyclic) bond motifs is 3. The van der Waals surface area contributed by atoms with Gasteiger partial charge in [0.25, 0.3) is 5.56 Å². The van der Waals surface area contributed by atoms with Crippen LogP contribution >= 0.6 is 15.9 Å². The summed E-state index contributed by atoms with van der Waals surface area (Å²) in [7, 11) is 0. The lowest BCUT2D eigenvalue weighted by atomic mass is 10.2. The van der Waals surface area contributed by atoms with Gasteiger partial charge in [0.15, 0.2) is 0 Å². The van der Waals surface area contributed by atoms with Crippen molar-refractivity contribution in [2.24, 2.45) is 0 Å². The number of halogens is 1. The topological polar surface area (TPSA) is 122 Å². The van der Waals surface area contributed by atoms with Crippen LogP contribution < -0.4 is 10.5 Å². The first-order valence-corrected chi connectivity index (χ1v) is 10.5. The summed E-state index contributed by atoms with van der Waals surface area (Å²) < 4.78 is 8.38. The van der Waals surface area contributed by atoms with E-state index in [0.29, 0.717) is 50.4 Å². The van der Waals surface area contributed by atoms with Crippen molar-refractivity contribution in [3.05, 3.63) is 20.8 Å². The van der Waals surface area contributed by atoms with E-state index < -0.39 is 17.6 Å². The minimum atomic E-state index is -0.973. The molecule has 1 atom stereocenters. The molecule has 11 nitrogen and oxygen atoms in total. The lowest BCUT2D eigenvalue weighted by Crippen LogP contribution is -2.51. The molecule has 162 valence electrons. The van der Waals surface area contributed by atoms with Crippen molar-refractivity contribution in [3.8, 4) is 0 Å². The van der Waals surface area contributed by atoms with Crippen LogP contribution in [0.2, 0.25) is 0 Å². The third-order valence-corrected chi connectivity index (χ3v) is 5.57. The van der Waals surface area contributed by atoms with E-state index in [9.17, 15) is 19.5 Å². The zero-order valence-corrected chi connectivity index (χ0v) is 18.5. The minimum absolute atomic E-state index is 0.211. The van der Waals surface area contributed by atoms with Crippen molar-refractivity contribution < 1.29 is 19.4 Å². The molecule has 12 heteroatoms. The molecule has 1 amide bonds. The minimum Gasteiger partial charge on any atom is -0.480 e. The molecular formula is C18H23BrN6O5. The van der Waals surface area contributed by atoms with Crippen LogP contribution in [0.25, 0.3) is 5.78 Å². The molecule has 0 aliphatic carbocycles. The molecule has 2 aromatic rings. The summed E-state index contributed by atoms with van der Waals surface area (Å²) in [5, 5.41) is 13.8. The maximum Gasteiger partial charge on any atom is 0.410 e. The zero-order chi connectivity index (χ0) is 21.8. The number of carbonyl (C=O) groups is 2. The average molecular weight is 483 g/mol. The molecule has 0 spiro atoms. The van der Waals surface area contributed by atoms with Crippen LogP contribution in [-0.4, -0.2) is 73.0 Å². The van der Waals surface area contributed by atoms with Gasteiger partial charge in [0.05, 0.1) is 5.69 Å². The molecule has 0 unspecified atom stereocenters. The summed E-state index contributed by atoms with van der Waals surface area (Å²) in [6.45, 7) is 7.10. The first-order chi connectivity index (χ1) is 14.1. The predicted octanol–water partition coefficient (Wildman–Crippen LogP) is 1.28. The molecule has 4 rings (SSSR count). The molecule has 2 aliphatic rings. The third kappa shape index (κ3) is 3.53. The number of aliphatic carboxylic acids is 1. The van der Waals surface area contributed by atoms with E-state index in [4.69, 9.17) is 4.74 Å². The van der Waals surface area contributed by atoms with Gasteiger partial charge in [-0.3, -0.25) is 9.36 Å². The molecule has 30 heavy (non-hydrogen) atoms. The van der Waals surface area contributed by atoms with Crippen molar-refractivity contribution in [2.45, 2.75) is 45.3 Å². The standard InChI is InChI=1S/C18H23BrN6O5/c1-18(2,3)30-17(29)23-8-6-22(7-9-23)12-10-4-5-11(14(27)28)24(10)16-20-15(19)21-25(16)13(12)26/h11H,4-9H2,1-3H3,(H,27,28)/t11-/m1/s1. The number of amides is 1. The normalized spacial score (nSPS) is 19.3. The molecule has 0 aromatic carbocycles. The Morgan fingerprint density at radius 2 is 1.87 bits per heavy atom. The second-order valence-electron chi connectivity index (χ2n) is 8.41. The van der Waals surface area contributed by atoms with Crippen molar-refractivity contribution in [1.82, 2.24) is 24.1 Å². The Kier molecular flexibility index (Phi) is 4.99.